The van der Waals surface area contributed by atoms with Gasteiger partial charge in [0, 0.05) is 10.9 Å². The monoisotopic (exact) mass is 232 g/mol. The minimum absolute atomic E-state index is 0.537. The van der Waals surface area contributed by atoms with Gasteiger partial charge in [-0.1, -0.05) is 35.0 Å². The lowest BCUT2D eigenvalue weighted by molar-refractivity contribution is 0.319. The van der Waals surface area contributed by atoms with Gasteiger partial charge < -0.3 is 5.21 Å². The van der Waals surface area contributed by atoms with Gasteiger partial charge in [-0.25, -0.2) is 4.98 Å². The van der Waals surface area contributed by atoms with Crippen LogP contribution in [0.15, 0.2) is 34.8 Å². The third-order valence-electron chi connectivity index (χ3n) is 2.32. The van der Waals surface area contributed by atoms with Crippen LogP contribution in [0, 0.1) is 6.92 Å². The van der Waals surface area contributed by atoms with Gasteiger partial charge in [0.05, 0.1) is 5.69 Å². The largest absolute Gasteiger partial charge is 0.411 e. The molecule has 0 atom stereocenters. The molecule has 0 spiro atoms. The first kappa shape index (κ1) is 10.8. The van der Waals surface area contributed by atoms with E-state index < -0.39 is 0 Å². The van der Waals surface area contributed by atoms with Crippen LogP contribution in [0.3, 0.4) is 0 Å². The molecule has 16 heavy (non-hydrogen) atoms. The number of hydrogen-bond donors (Lipinski definition) is 1. The first-order valence-corrected chi connectivity index (χ1v) is 5.80. The summed E-state index contributed by atoms with van der Waals surface area (Å²) in [5, 5.41) is 14.6. The SMILES string of the molecule is C/C(=N/O)c1csc(-c2ccc(C)cc2)n1. The van der Waals surface area contributed by atoms with E-state index in [1.165, 1.54) is 5.56 Å². The maximum atomic E-state index is 8.66. The predicted molar refractivity (Wildman–Crippen MR) is 66.3 cm³/mol. The second-order valence-corrected chi connectivity index (χ2v) is 4.45. The fourth-order valence-corrected chi connectivity index (χ4v) is 2.19. The van der Waals surface area contributed by atoms with Gasteiger partial charge in [0.2, 0.25) is 0 Å². The fraction of sp³-hybridized carbons (Fsp3) is 0.167. The van der Waals surface area contributed by atoms with Crippen molar-refractivity contribution in [1.29, 1.82) is 0 Å². The summed E-state index contributed by atoms with van der Waals surface area (Å²) in [7, 11) is 0. The molecule has 2 aromatic rings. The summed E-state index contributed by atoms with van der Waals surface area (Å²) in [4.78, 5) is 4.41. The van der Waals surface area contributed by atoms with E-state index in [-0.39, 0.29) is 0 Å². The molecule has 3 nitrogen and oxygen atoms in total. The first-order chi connectivity index (χ1) is 7.70. The van der Waals surface area contributed by atoms with Gasteiger partial charge in [-0.3, -0.25) is 0 Å². The molecule has 4 heteroatoms. The molecule has 1 aromatic carbocycles. The minimum Gasteiger partial charge on any atom is -0.411 e. The van der Waals surface area contributed by atoms with Gasteiger partial charge in [0.1, 0.15) is 10.7 Å². The molecule has 1 N–H and O–H groups in total. The van der Waals surface area contributed by atoms with Crippen LogP contribution in [0.2, 0.25) is 0 Å². The van der Waals surface area contributed by atoms with E-state index in [1.807, 2.05) is 17.5 Å². The third kappa shape index (κ3) is 2.12. The highest BCUT2D eigenvalue weighted by Crippen LogP contribution is 2.24. The van der Waals surface area contributed by atoms with Crippen LogP contribution < -0.4 is 0 Å². The summed E-state index contributed by atoms with van der Waals surface area (Å²) in [6.45, 7) is 3.79. The molecule has 1 aromatic heterocycles. The normalized spacial score (nSPS) is 11.8. The van der Waals surface area contributed by atoms with Crippen LogP contribution in [0.1, 0.15) is 18.2 Å². The summed E-state index contributed by atoms with van der Waals surface area (Å²) < 4.78 is 0. The Hall–Kier alpha value is -1.68. The molecule has 0 aliphatic rings. The van der Waals surface area contributed by atoms with Crippen molar-refractivity contribution in [3.63, 3.8) is 0 Å². The molecule has 0 fully saturated rings. The molecule has 1 heterocycles. The number of thiazole rings is 1. The van der Waals surface area contributed by atoms with Crippen LogP contribution in [-0.4, -0.2) is 15.9 Å². The maximum absolute atomic E-state index is 8.66. The first-order valence-electron chi connectivity index (χ1n) is 4.92. The Morgan fingerprint density at radius 1 is 1.31 bits per heavy atom. The highest BCUT2D eigenvalue weighted by molar-refractivity contribution is 7.13. The van der Waals surface area contributed by atoms with Crippen LogP contribution in [0.25, 0.3) is 10.6 Å². The maximum Gasteiger partial charge on any atom is 0.124 e. The van der Waals surface area contributed by atoms with Gasteiger partial charge in [-0.15, -0.1) is 11.3 Å². The van der Waals surface area contributed by atoms with Crippen molar-refractivity contribution in [1.82, 2.24) is 4.98 Å². The second-order valence-electron chi connectivity index (χ2n) is 3.59. The van der Waals surface area contributed by atoms with Crippen molar-refractivity contribution in [2.75, 3.05) is 0 Å². The molecule has 0 bridgehead atoms. The van der Waals surface area contributed by atoms with E-state index in [2.05, 4.69) is 29.2 Å². The molecule has 0 saturated carbocycles. The molecule has 82 valence electrons. The Balaban J connectivity index is 2.35. The summed E-state index contributed by atoms with van der Waals surface area (Å²) in [6, 6.07) is 8.21. The molecule has 0 unspecified atom stereocenters. The van der Waals surface area contributed by atoms with Gasteiger partial charge in [-0.2, -0.15) is 0 Å². The Labute approximate surface area is 98.1 Å². The van der Waals surface area contributed by atoms with Crippen molar-refractivity contribution in [2.45, 2.75) is 13.8 Å². The van der Waals surface area contributed by atoms with Gasteiger partial charge >= 0.3 is 0 Å². The van der Waals surface area contributed by atoms with E-state index in [0.29, 0.717) is 5.71 Å². The van der Waals surface area contributed by atoms with Crippen molar-refractivity contribution in [3.05, 3.63) is 40.9 Å². The lowest BCUT2D eigenvalue weighted by Gasteiger charge is -1.96. The van der Waals surface area contributed by atoms with E-state index in [9.17, 15) is 0 Å². The third-order valence-corrected chi connectivity index (χ3v) is 3.21. The molecule has 0 radical (unpaired) electrons. The lowest BCUT2D eigenvalue weighted by atomic mass is 10.2. The standard InChI is InChI=1S/C12H12N2OS/c1-8-3-5-10(6-4-8)12-13-11(7-16-12)9(2)14-15/h3-7,15H,1-2H3/b14-9-. The van der Waals surface area contributed by atoms with Crippen molar-refractivity contribution < 1.29 is 5.21 Å². The summed E-state index contributed by atoms with van der Waals surface area (Å²) in [6.07, 6.45) is 0. The van der Waals surface area contributed by atoms with Gasteiger partial charge in [-0.05, 0) is 13.8 Å². The number of oxime groups is 1. The quantitative estimate of drug-likeness (QED) is 0.490. The summed E-state index contributed by atoms with van der Waals surface area (Å²) in [5.74, 6) is 0. The molecule has 2 rings (SSSR count). The minimum atomic E-state index is 0.537. The smallest absolute Gasteiger partial charge is 0.124 e. The van der Waals surface area contributed by atoms with Crippen molar-refractivity contribution in [2.24, 2.45) is 5.16 Å². The zero-order valence-electron chi connectivity index (χ0n) is 9.14. The van der Waals surface area contributed by atoms with Crippen LogP contribution in [-0.2, 0) is 0 Å². The van der Waals surface area contributed by atoms with Gasteiger partial charge in [0.25, 0.3) is 0 Å². The van der Waals surface area contributed by atoms with Crippen LogP contribution >= 0.6 is 11.3 Å². The summed E-state index contributed by atoms with van der Waals surface area (Å²) in [5.41, 5.74) is 3.58. The highest BCUT2D eigenvalue weighted by atomic mass is 32.1. The zero-order chi connectivity index (χ0) is 11.5. The Morgan fingerprint density at radius 2 is 2.00 bits per heavy atom. The number of rotatable bonds is 2. The number of benzene rings is 1. The number of aryl methyl sites for hydroxylation is 1. The molecule has 0 aliphatic carbocycles. The van der Waals surface area contributed by atoms with E-state index in [0.717, 1.165) is 16.3 Å². The average molecular weight is 232 g/mol. The predicted octanol–water partition coefficient (Wildman–Crippen LogP) is 3.32. The summed E-state index contributed by atoms with van der Waals surface area (Å²) >= 11 is 1.55. The Bertz CT molecular complexity index is 514. The topological polar surface area (TPSA) is 45.5 Å². The second kappa shape index (κ2) is 4.45. The number of nitrogens with zero attached hydrogens (tertiary/aromatic N) is 2. The molecule has 0 aliphatic heterocycles. The molecule has 0 saturated heterocycles. The van der Waals surface area contributed by atoms with E-state index in [4.69, 9.17) is 5.21 Å². The van der Waals surface area contributed by atoms with E-state index in [1.54, 1.807) is 18.3 Å². The average Bonchev–Trinajstić information content (AvgIpc) is 2.78. The number of aromatic nitrogens is 1. The zero-order valence-corrected chi connectivity index (χ0v) is 9.95. The molecule has 0 amide bonds. The van der Waals surface area contributed by atoms with Crippen molar-refractivity contribution in [3.8, 4) is 10.6 Å². The molecular formula is C12H12N2OS. The number of hydrogen-bond acceptors (Lipinski definition) is 4. The van der Waals surface area contributed by atoms with Crippen LogP contribution in [0.4, 0.5) is 0 Å². The fourth-order valence-electron chi connectivity index (χ4n) is 1.32. The van der Waals surface area contributed by atoms with Crippen LogP contribution in [0.5, 0.6) is 0 Å². The highest BCUT2D eigenvalue weighted by Gasteiger charge is 2.06. The Morgan fingerprint density at radius 3 is 2.62 bits per heavy atom. The lowest BCUT2D eigenvalue weighted by Crippen LogP contribution is -1.94. The Kier molecular flexibility index (Phi) is 3.01. The van der Waals surface area contributed by atoms with Gasteiger partial charge in [0.15, 0.2) is 0 Å². The van der Waals surface area contributed by atoms with E-state index >= 15 is 0 Å². The molecular weight excluding hydrogens is 220 g/mol. The van der Waals surface area contributed by atoms with Crippen molar-refractivity contribution >= 4 is 17.0 Å².